The van der Waals surface area contributed by atoms with Gasteiger partial charge in [-0.25, -0.2) is 0 Å². The summed E-state index contributed by atoms with van der Waals surface area (Å²) in [6.07, 6.45) is -0.591. The Morgan fingerprint density at radius 2 is 1.82 bits per heavy atom. The van der Waals surface area contributed by atoms with Gasteiger partial charge in [0.2, 0.25) is 4.93 Å². The highest BCUT2D eigenvalue weighted by molar-refractivity contribution is 7.86. The number of aliphatic hydroxyl groups is 1. The molecule has 22 heavy (non-hydrogen) atoms. The van der Waals surface area contributed by atoms with Crippen LogP contribution in [-0.2, 0) is 15.5 Å². The molecular formula is C18H20O3S. The van der Waals surface area contributed by atoms with Crippen LogP contribution < -0.4 is 0 Å². The van der Waals surface area contributed by atoms with Crippen molar-refractivity contribution >= 4 is 10.8 Å². The van der Waals surface area contributed by atoms with Crippen LogP contribution in [-0.4, -0.2) is 20.4 Å². The van der Waals surface area contributed by atoms with Crippen molar-refractivity contribution in [1.82, 2.24) is 0 Å². The predicted octanol–water partition coefficient (Wildman–Crippen LogP) is 3.34. The van der Waals surface area contributed by atoms with Crippen molar-refractivity contribution in [3.05, 3.63) is 65.7 Å². The molecule has 1 saturated heterocycles. The van der Waals surface area contributed by atoms with Crippen LogP contribution in [0.3, 0.4) is 0 Å². The molecule has 0 radical (unpaired) electrons. The average molecular weight is 316 g/mol. The van der Waals surface area contributed by atoms with E-state index in [2.05, 4.69) is 0 Å². The number of aryl methyl sites for hydroxylation is 1. The molecule has 4 atom stereocenters. The fourth-order valence-corrected chi connectivity index (χ4v) is 4.41. The van der Waals surface area contributed by atoms with Gasteiger partial charge in [0.1, 0.15) is 6.10 Å². The van der Waals surface area contributed by atoms with Gasteiger partial charge in [-0.05, 0) is 31.0 Å². The van der Waals surface area contributed by atoms with Crippen LogP contribution in [0.5, 0.6) is 0 Å². The van der Waals surface area contributed by atoms with Crippen LogP contribution >= 0.6 is 0 Å². The summed E-state index contributed by atoms with van der Waals surface area (Å²) in [5.41, 5.74) is 2.07. The van der Waals surface area contributed by atoms with Crippen LogP contribution in [0.1, 0.15) is 30.6 Å². The fraction of sp³-hybridized carbons (Fsp3) is 0.333. The molecule has 4 heteroatoms. The van der Waals surface area contributed by atoms with Gasteiger partial charge in [0, 0.05) is 4.90 Å². The summed E-state index contributed by atoms with van der Waals surface area (Å²) in [6.45, 7) is 3.87. The third-order valence-corrected chi connectivity index (χ3v) is 5.95. The highest BCUT2D eigenvalue weighted by Crippen LogP contribution is 2.56. The summed E-state index contributed by atoms with van der Waals surface area (Å²) in [4.78, 5) is -0.345. The second-order valence-electron chi connectivity index (χ2n) is 5.64. The lowest BCUT2D eigenvalue weighted by atomic mass is 10.1. The summed E-state index contributed by atoms with van der Waals surface area (Å²) in [5, 5.41) is 10.4. The standard InChI is InChI=1S/C18H20O3S/c1-3-16(19)18(17(21-18)14-7-5-4-6-8-14)22(20)15-11-9-13(2)10-12-15/h4-12,16-17,19H,3H2,1-2H3/t16-,17-,18+,22-/m0/s1. The Bertz CT molecular complexity index is 668. The maximum Gasteiger partial charge on any atom is 0.203 e. The summed E-state index contributed by atoms with van der Waals surface area (Å²) in [6, 6.07) is 17.2. The second-order valence-corrected chi connectivity index (χ2v) is 7.28. The first-order valence-electron chi connectivity index (χ1n) is 7.49. The minimum Gasteiger partial charge on any atom is -0.389 e. The van der Waals surface area contributed by atoms with E-state index in [0.29, 0.717) is 11.3 Å². The Balaban J connectivity index is 1.95. The van der Waals surface area contributed by atoms with E-state index in [1.54, 1.807) is 0 Å². The Morgan fingerprint density at radius 3 is 2.41 bits per heavy atom. The van der Waals surface area contributed by atoms with E-state index in [1.807, 2.05) is 68.4 Å². The minimum atomic E-state index is -1.42. The summed E-state index contributed by atoms with van der Waals surface area (Å²) < 4.78 is 18.9. The van der Waals surface area contributed by atoms with Gasteiger partial charge < -0.3 is 9.84 Å². The van der Waals surface area contributed by atoms with Crippen molar-refractivity contribution in [2.24, 2.45) is 0 Å². The first-order valence-corrected chi connectivity index (χ1v) is 8.64. The number of ether oxygens (including phenoxy) is 1. The van der Waals surface area contributed by atoms with Crippen LogP contribution in [0.4, 0.5) is 0 Å². The second kappa shape index (κ2) is 5.95. The fourth-order valence-electron chi connectivity index (χ4n) is 2.73. The third kappa shape index (κ3) is 2.51. The molecule has 0 amide bonds. The number of aliphatic hydroxyl groups excluding tert-OH is 1. The SMILES string of the molecule is CC[C@H](O)[C@]1([S@@](=O)c2ccc(C)cc2)O[C@H]1c1ccccc1. The van der Waals surface area contributed by atoms with Crippen molar-refractivity contribution in [2.45, 2.75) is 42.3 Å². The molecule has 0 saturated carbocycles. The molecule has 0 spiro atoms. The van der Waals surface area contributed by atoms with Crippen molar-refractivity contribution < 1.29 is 14.1 Å². The number of epoxide rings is 1. The Kier molecular flexibility index (Phi) is 4.17. The number of benzene rings is 2. The van der Waals surface area contributed by atoms with Gasteiger partial charge in [0.15, 0.2) is 0 Å². The van der Waals surface area contributed by atoms with E-state index < -0.39 is 21.8 Å². The Hall–Kier alpha value is -1.49. The van der Waals surface area contributed by atoms with Gasteiger partial charge in [-0.3, -0.25) is 4.21 Å². The molecule has 0 bridgehead atoms. The Labute approximate surface area is 133 Å². The summed E-state index contributed by atoms with van der Waals surface area (Å²) >= 11 is 0. The maximum atomic E-state index is 13.1. The van der Waals surface area contributed by atoms with Crippen molar-refractivity contribution in [3.63, 3.8) is 0 Å². The molecule has 116 valence electrons. The van der Waals surface area contributed by atoms with Gasteiger partial charge in [0.05, 0.1) is 16.9 Å². The largest absolute Gasteiger partial charge is 0.389 e. The van der Waals surface area contributed by atoms with E-state index in [4.69, 9.17) is 4.74 Å². The molecule has 1 aliphatic heterocycles. The van der Waals surface area contributed by atoms with Crippen molar-refractivity contribution in [3.8, 4) is 0 Å². The minimum absolute atomic E-state index is 0.328. The van der Waals surface area contributed by atoms with Crippen molar-refractivity contribution in [1.29, 1.82) is 0 Å². The van der Waals surface area contributed by atoms with Gasteiger partial charge in [-0.15, -0.1) is 0 Å². The predicted molar refractivity (Wildman–Crippen MR) is 86.9 cm³/mol. The summed E-state index contributed by atoms with van der Waals surface area (Å²) in [5.74, 6) is 0. The lowest BCUT2D eigenvalue weighted by molar-refractivity contribution is 0.114. The number of hydrogen-bond acceptors (Lipinski definition) is 3. The Morgan fingerprint density at radius 1 is 1.18 bits per heavy atom. The maximum absolute atomic E-state index is 13.1. The quantitative estimate of drug-likeness (QED) is 0.861. The zero-order valence-corrected chi connectivity index (χ0v) is 13.5. The van der Waals surface area contributed by atoms with Crippen molar-refractivity contribution in [2.75, 3.05) is 0 Å². The molecule has 0 aromatic heterocycles. The topological polar surface area (TPSA) is 49.8 Å². The van der Waals surface area contributed by atoms with Gasteiger partial charge >= 0.3 is 0 Å². The highest BCUT2D eigenvalue weighted by Gasteiger charge is 2.66. The average Bonchev–Trinajstić information content (AvgIpc) is 3.32. The van der Waals surface area contributed by atoms with Gasteiger partial charge in [0.25, 0.3) is 0 Å². The smallest absolute Gasteiger partial charge is 0.203 e. The summed E-state index contributed by atoms with van der Waals surface area (Å²) in [7, 11) is -1.42. The molecule has 1 heterocycles. The normalized spacial score (nSPS) is 26.4. The first-order chi connectivity index (χ1) is 10.6. The lowest BCUT2D eigenvalue weighted by Gasteiger charge is -2.18. The molecule has 2 aromatic rings. The molecule has 1 aliphatic rings. The molecule has 3 nitrogen and oxygen atoms in total. The van der Waals surface area contributed by atoms with E-state index >= 15 is 0 Å². The van der Waals surface area contributed by atoms with E-state index in [0.717, 1.165) is 11.1 Å². The molecule has 3 rings (SSSR count). The molecule has 1 N–H and O–H groups in total. The first kappa shape index (κ1) is 15.4. The zero-order valence-electron chi connectivity index (χ0n) is 12.7. The van der Waals surface area contributed by atoms with Crippen LogP contribution in [0.15, 0.2) is 59.5 Å². The van der Waals surface area contributed by atoms with Crippen LogP contribution in [0.2, 0.25) is 0 Å². The van der Waals surface area contributed by atoms with Crippen LogP contribution in [0, 0.1) is 6.92 Å². The monoisotopic (exact) mass is 316 g/mol. The zero-order chi connectivity index (χ0) is 15.7. The number of rotatable bonds is 5. The molecular weight excluding hydrogens is 296 g/mol. The van der Waals surface area contributed by atoms with Gasteiger partial charge in [-0.1, -0.05) is 55.0 Å². The molecule has 0 aliphatic carbocycles. The highest BCUT2D eigenvalue weighted by atomic mass is 32.2. The third-order valence-electron chi connectivity index (χ3n) is 4.09. The molecule has 0 unspecified atom stereocenters. The molecule has 2 aromatic carbocycles. The van der Waals surface area contributed by atoms with E-state index in [9.17, 15) is 9.32 Å². The van der Waals surface area contributed by atoms with Crippen LogP contribution in [0.25, 0.3) is 0 Å². The van der Waals surface area contributed by atoms with E-state index in [-0.39, 0.29) is 6.10 Å². The lowest BCUT2D eigenvalue weighted by Crippen LogP contribution is -2.34. The van der Waals surface area contributed by atoms with Gasteiger partial charge in [-0.2, -0.15) is 0 Å². The number of hydrogen-bond donors (Lipinski definition) is 1. The molecule has 1 fully saturated rings. The van der Waals surface area contributed by atoms with E-state index in [1.165, 1.54) is 0 Å².